The van der Waals surface area contributed by atoms with E-state index in [1.54, 1.807) is 6.92 Å². The third kappa shape index (κ3) is 5.46. The first kappa shape index (κ1) is 25.8. The van der Waals surface area contributed by atoms with Gasteiger partial charge in [0.2, 0.25) is 5.91 Å². The van der Waals surface area contributed by atoms with E-state index in [1.807, 2.05) is 54.6 Å². The van der Waals surface area contributed by atoms with Crippen molar-refractivity contribution in [2.24, 2.45) is 0 Å². The molecule has 2 amide bonds. The molecule has 1 atom stereocenters. The zero-order valence-electron chi connectivity index (χ0n) is 20.3. The Morgan fingerprint density at radius 3 is 2.20 bits per heavy atom. The van der Waals surface area contributed by atoms with Gasteiger partial charge >= 0.3 is 12.1 Å². The summed E-state index contributed by atoms with van der Waals surface area (Å²) in [5, 5.41) is 21.1. The van der Waals surface area contributed by atoms with Crippen molar-refractivity contribution in [3.8, 4) is 17.2 Å². The summed E-state index contributed by atoms with van der Waals surface area (Å²) in [4.78, 5) is 39.0. The molecule has 0 radical (unpaired) electrons. The molecule has 0 saturated carbocycles. The number of nitrogens with zero attached hydrogens (tertiary/aromatic N) is 2. The van der Waals surface area contributed by atoms with Crippen molar-refractivity contribution < 1.29 is 24.2 Å². The van der Waals surface area contributed by atoms with Crippen molar-refractivity contribution in [1.29, 1.82) is 5.26 Å². The van der Waals surface area contributed by atoms with Gasteiger partial charge in [-0.1, -0.05) is 48.5 Å². The summed E-state index contributed by atoms with van der Waals surface area (Å²) in [6, 6.07) is 17.0. The Balaban J connectivity index is 1.73. The van der Waals surface area contributed by atoms with E-state index >= 15 is 0 Å². The molecular formula is C27H31N3O5. The average molecular weight is 478 g/mol. The fourth-order valence-corrected chi connectivity index (χ4v) is 4.56. The average Bonchev–Trinajstić information content (AvgIpc) is 3.16. The number of hydrogen-bond donors (Lipinski definition) is 2. The molecule has 2 N–H and O–H groups in total. The summed E-state index contributed by atoms with van der Waals surface area (Å²) >= 11 is 0. The van der Waals surface area contributed by atoms with Crippen LogP contribution < -0.4 is 5.32 Å². The molecule has 0 aromatic heterocycles. The van der Waals surface area contributed by atoms with Gasteiger partial charge in [-0.25, -0.2) is 9.59 Å². The maximum absolute atomic E-state index is 13.3. The molecule has 0 spiro atoms. The van der Waals surface area contributed by atoms with E-state index in [4.69, 9.17) is 10.00 Å². The predicted octanol–water partition coefficient (Wildman–Crippen LogP) is 4.30. The number of alkyl carbamates (subject to hydrolysis) is 1. The van der Waals surface area contributed by atoms with Crippen LogP contribution in [0.15, 0.2) is 48.5 Å². The first-order valence-electron chi connectivity index (χ1n) is 11.8. The van der Waals surface area contributed by atoms with Gasteiger partial charge in [0.1, 0.15) is 18.2 Å². The lowest BCUT2D eigenvalue weighted by Crippen LogP contribution is -2.58. The van der Waals surface area contributed by atoms with E-state index in [1.165, 1.54) is 18.7 Å². The quantitative estimate of drug-likeness (QED) is 0.493. The van der Waals surface area contributed by atoms with Crippen molar-refractivity contribution in [3.05, 3.63) is 59.7 Å². The third-order valence-corrected chi connectivity index (χ3v) is 6.50. The highest BCUT2D eigenvalue weighted by atomic mass is 16.5. The zero-order valence-corrected chi connectivity index (χ0v) is 20.3. The molecule has 8 heteroatoms. The first-order valence-corrected chi connectivity index (χ1v) is 11.8. The number of rotatable bonds is 10. The first-order chi connectivity index (χ1) is 16.7. The van der Waals surface area contributed by atoms with Crippen LogP contribution in [0.2, 0.25) is 0 Å². The van der Waals surface area contributed by atoms with Crippen LogP contribution in [0.5, 0.6) is 0 Å². The number of unbranched alkanes of at least 4 members (excludes halogenated alkanes) is 1. The Morgan fingerprint density at radius 1 is 1.11 bits per heavy atom. The normalized spacial score (nSPS) is 13.2. The fraction of sp³-hybridized carbons (Fsp3) is 0.407. The van der Waals surface area contributed by atoms with Crippen LogP contribution in [0.4, 0.5) is 4.79 Å². The van der Waals surface area contributed by atoms with Gasteiger partial charge in [0.15, 0.2) is 0 Å². The lowest BCUT2D eigenvalue weighted by molar-refractivity contribution is -0.157. The molecule has 2 aromatic rings. The van der Waals surface area contributed by atoms with Gasteiger partial charge in [-0.3, -0.25) is 4.79 Å². The molecule has 8 nitrogen and oxygen atoms in total. The smallest absolute Gasteiger partial charge is 0.407 e. The van der Waals surface area contributed by atoms with E-state index in [0.29, 0.717) is 6.42 Å². The second kappa shape index (κ2) is 11.0. The van der Waals surface area contributed by atoms with Crippen molar-refractivity contribution in [1.82, 2.24) is 10.2 Å². The fourth-order valence-electron chi connectivity index (χ4n) is 4.56. The number of amides is 2. The van der Waals surface area contributed by atoms with Gasteiger partial charge < -0.3 is 20.1 Å². The van der Waals surface area contributed by atoms with Crippen molar-refractivity contribution in [3.63, 3.8) is 0 Å². The molecule has 3 rings (SSSR count). The highest BCUT2D eigenvalue weighted by Crippen LogP contribution is 2.44. The molecule has 0 bridgehead atoms. The maximum Gasteiger partial charge on any atom is 0.407 e. The summed E-state index contributed by atoms with van der Waals surface area (Å²) in [6.07, 6.45) is 0.0287. The monoisotopic (exact) mass is 477 g/mol. The molecule has 2 aromatic carbocycles. The summed E-state index contributed by atoms with van der Waals surface area (Å²) in [6.45, 7) is 4.81. The minimum atomic E-state index is -1.46. The Labute approximate surface area is 205 Å². The Kier molecular flexibility index (Phi) is 8.13. The number of hydrogen-bond acceptors (Lipinski definition) is 5. The van der Waals surface area contributed by atoms with Gasteiger partial charge in [-0.05, 0) is 55.9 Å². The van der Waals surface area contributed by atoms with Crippen molar-refractivity contribution in [2.45, 2.75) is 57.5 Å². The number of aliphatic carboxylic acids is 1. The van der Waals surface area contributed by atoms with E-state index < -0.39 is 29.6 Å². The van der Waals surface area contributed by atoms with Crippen LogP contribution in [0.3, 0.4) is 0 Å². The number of nitriles is 1. The minimum absolute atomic E-state index is 0.0943. The highest BCUT2D eigenvalue weighted by molar-refractivity contribution is 5.91. The van der Waals surface area contributed by atoms with E-state index in [0.717, 1.165) is 22.3 Å². The zero-order chi connectivity index (χ0) is 25.6. The standard InChI is InChI=1S/C27H31N3O5/c1-4-30(27(2,3)25(32)33)24(31)23(15-9-10-16-28)29-26(34)35-17-22-20-13-7-5-11-18(20)19-12-6-8-14-21(19)22/h5-8,11-14,22-23H,4,9-10,15,17H2,1-3H3,(H,29,34)(H,32,33). The van der Waals surface area contributed by atoms with Gasteiger partial charge in [0.05, 0.1) is 6.07 Å². The topological polar surface area (TPSA) is 120 Å². The molecule has 1 unspecified atom stereocenters. The summed E-state index contributed by atoms with van der Waals surface area (Å²) in [5.41, 5.74) is 2.90. The van der Waals surface area contributed by atoms with E-state index in [-0.39, 0.29) is 31.9 Å². The molecular weight excluding hydrogens is 446 g/mol. The number of nitrogens with one attached hydrogen (secondary N) is 1. The number of carbonyl (C=O) groups is 3. The predicted molar refractivity (Wildman–Crippen MR) is 131 cm³/mol. The number of carboxylic acid groups (broad SMARTS) is 1. The Hall–Kier alpha value is -3.86. The number of likely N-dealkylation sites (N-methyl/N-ethyl adjacent to an activating group) is 1. The summed E-state index contributed by atoms with van der Waals surface area (Å²) in [5.74, 6) is -1.80. The number of ether oxygens (including phenoxy) is 1. The van der Waals surface area contributed by atoms with E-state index in [9.17, 15) is 19.5 Å². The number of carbonyl (C=O) groups excluding carboxylic acids is 2. The minimum Gasteiger partial charge on any atom is -0.480 e. The SMILES string of the molecule is CCN(C(=O)C(CCCC#N)NC(=O)OCC1c2ccccc2-c2ccccc21)C(C)(C)C(=O)O. The molecule has 184 valence electrons. The van der Waals surface area contributed by atoms with Gasteiger partial charge in [0.25, 0.3) is 0 Å². The number of benzene rings is 2. The third-order valence-electron chi connectivity index (χ3n) is 6.50. The molecule has 1 aliphatic carbocycles. The second-order valence-corrected chi connectivity index (χ2v) is 9.02. The maximum atomic E-state index is 13.3. The second-order valence-electron chi connectivity index (χ2n) is 9.02. The van der Waals surface area contributed by atoms with Crippen molar-refractivity contribution in [2.75, 3.05) is 13.2 Å². The molecule has 1 aliphatic rings. The summed E-state index contributed by atoms with van der Waals surface area (Å²) in [7, 11) is 0. The van der Waals surface area contributed by atoms with Crippen molar-refractivity contribution >= 4 is 18.0 Å². The van der Waals surface area contributed by atoms with E-state index in [2.05, 4.69) is 5.32 Å². The van der Waals surface area contributed by atoms with Crippen LogP contribution >= 0.6 is 0 Å². The van der Waals surface area contributed by atoms with Crippen LogP contribution in [0, 0.1) is 11.3 Å². The largest absolute Gasteiger partial charge is 0.480 e. The number of carboxylic acids is 1. The molecule has 0 fully saturated rings. The van der Waals surface area contributed by atoms with Gasteiger partial charge in [-0.2, -0.15) is 5.26 Å². The van der Waals surface area contributed by atoms with Crippen LogP contribution in [0.1, 0.15) is 57.1 Å². The lowest BCUT2D eigenvalue weighted by atomic mass is 9.98. The lowest BCUT2D eigenvalue weighted by Gasteiger charge is -2.36. The Morgan fingerprint density at radius 2 is 1.69 bits per heavy atom. The summed E-state index contributed by atoms with van der Waals surface area (Å²) < 4.78 is 5.57. The molecule has 0 heterocycles. The highest BCUT2D eigenvalue weighted by Gasteiger charge is 2.40. The molecule has 0 saturated heterocycles. The number of fused-ring (bicyclic) bond motifs is 3. The molecule has 0 aliphatic heterocycles. The Bertz CT molecular complexity index is 1090. The molecule has 35 heavy (non-hydrogen) atoms. The van der Waals surface area contributed by atoms with Crippen LogP contribution in [-0.4, -0.2) is 52.7 Å². The van der Waals surface area contributed by atoms with Gasteiger partial charge in [-0.15, -0.1) is 0 Å². The van der Waals surface area contributed by atoms with Crippen LogP contribution in [-0.2, 0) is 14.3 Å². The van der Waals surface area contributed by atoms with Crippen LogP contribution in [0.25, 0.3) is 11.1 Å². The van der Waals surface area contributed by atoms with Gasteiger partial charge in [0, 0.05) is 18.9 Å².